The number of amides is 3. The summed E-state index contributed by atoms with van der Waals surface area (Å²) in [6.45, 7) is 5.48. The molecule has 1 fully saturated rings. The highest BCUT2D eigenvalue weighted by Gasteiger charge is 2.43. The van der Waals surface area contributed by atoms with E-state index in [2.05, 4.69) is 11.9 Å². The molecule has 126 valence electrons. The van der Waals surface area contributed by atoms with Crippen molar-refractivity contribution in [2.24, 2.45) is 0 Å². The third-order valence-corrected chi connectivity index (χ3v) is 4.73. The molecular weight excluding hydrogens is 308 g/mol. The van der Waals surface area contributed by atoms with Crippen molar-refractivity contribution < 1.29 is 19.5 Å². The normalized spacial score (nSPS) is 24.6. The summed E-state index contributed by atoms with van der Waals surface area (Å²) in [7, 11) is 0. The first kappa shape index (κ1) is 16.4. The number of aliphatic hydroxyl groups is 1. The van der Waals surface area contributed by atoms with Crippen LogP contribution in [-0.4, -0.2) is 33.8 Å². The van der Waals surface area contributed by atoms with Crippen LogP contribution in [0.25, 0.3) is 0 Å². The number of rotatable bonds is 4. The molecular formula is C18H20N2O4. The van der Waals surface area contributed by atoms with E-state index >= 15 is 0 Å². The summed E-state index contributed by atoms with van der Waals surface area (Å²) in [5.74, 6) is -0.939. The SMILES string of the molecule is C=CC[C@@H](O)c1ccc2c(c1)[C@@H](C)N([C@@H]1CCC(=O)NC1=O)C2=O. The summed E-state index contributed by atoms with van der Waals surface area (Å²) in [5.41, 5.74) is 2.06. The van der Waals surface area contributed by atoms with Crippen molar-refractivity contribution in [1.29, 1.82) is 0 Å². The molecule has 2 aliphatic heterocycles. The largest absolute Gasteiger partial charge is 0.388 e. The molecule has 0 saturated carbocycles. The van der Waals surface area contributed by atoms with Crippen LogP contribution in [0, 0.1) is 0 Å². The molecule has 0 spiro atoms. The van der Waals surface area contributed by atoms with Crippen LogP contribution in [0.15, 0.2) is 30.9 Å². The fraction of sp³-hybridized carbons (Fsp3) is 0.389. The Kier molecular flexibility index (Phi) is 4.24. The van der Waals surface area contributed by atoms with Gasteiger partial charge in [-0.1, -0.05) is 18.2 Å². The number of hydrogen-bond acceptors (Lipinski definition) is 4. The zero-order valence-electron chi connectivity index (χ0n) is 13.5. The quantitative estimate of drug-likeness (QED) is 0.649. The van der Waals surface area contributed by atoms with Crippen molar-refractivity contribution in [2.45, 2.75) is 44.4 Å². The number of carbonyl (C=O) groups is 3. The second-order valence-electron chi connectivity index (χ2n) is 6.24. The van der Waals surface area contributed by atoms with Crippen molar-refractivity contribution in [2.75, 3.05) is 0 Å². The molecule has 6 nitrogen and oxygen atoms in total. The minimum Gasteiger partial charge on any atom is -0.388 e. The average Bonchev–Trinajstić information content (AvgIpc) is 2.79. The van der Waals surface area contributed by atoms with Gasteiger partial charge in [0.15, 0.2) is 0 Å². The maximum absolute atomic E-state index is 12.7. The van der Waals surface area contributed by atoms with Crippen LogP contribution in [0.1, 0.15) is 59.8 Å². The molecule has 0 bridgehead atoms. The molecule has 1 aromatic carbocycles. The van der Waals surface area contributed by atoms with Gasteiger partial charge in [0.1, 0.15) is 6.04 Å². The molecule has 2 N–H and O–H groups in total. The van der Waals surface area contributed by atoms with Crippen molar-refractivity contribution in [1.82, 2.24) is 10.2 Å². The van der Waals surface area contributed by atoms with Crippen molar-refractivity contribution in [3.8, 4) is 0 Å². The molecule has 0 radical (unpaired) electrons. The van der Waals surface area contributed by atoms with E-state index in [0.717, 1.165) is 11.1 Å². The highest BCUT2D eigenvalue weighted by molar-refractivity contribution is 6.05. The lowest BCUT2D eigenvalue weighted by molar-refractivity contribution is -0.137. The van der Waals surface area contributed by atoms with E-state index in [4.69, 9.17) is 0 Å². The van der Waals surface area contributed by atoms with E-state index < -0.39 is 18.1 Å². The van der Waals surface area contributed by atoms with E-state index in [1.807, 2.05) is 13.0 Å². The number of aliphatic hydroxyl groups excluding tert-OH is 1. The van der Waals surface area contributed by atoms with Crippen LogP contribution in [0.3, 0.4) is 0 Å². The number of piperidine rings is 1. The first-order valence-corrected chi connectivity index (χ1v) is 8.03. The molecule has 1 saturated heterocycles. The number of hydrogen-bond donors (Lipinski definition) is 2. The lowest BCUT2D eigenvalue weighted by Crippen LogP contribution is -2.53. The molecule has 0 aromatic heterocycles. The number of carbonyl (C=O) groups excluding carboxylic acids is 3. The molecule has 0 unspecified atom stereocenters. The van der Waals surface area contributed by atoms with Gasteiger partial charge in [-0.25, -0.2) is 0 Å². The Morgan fingerprint density at radius 3 is 2.83 bits per heavy atom. The Balaban J connectivity index is 1.90. The van der Waals surface area contributed by atoms with Gasteiger partial charge in [-0.3, -0.25) is 19.7 Å². The second-order valence-corrected chi connectivity index (χ2v) is 6.24. The molecule has 2 heterocycles. The molecule has 3 rings (SSSR count). The fourth-order valence-corrected chi connectivity index (χ4v) is 3.45. The lowest BCUT2D eigenvalue weighted by Gasteiger charge is -2.32. The van der Waals surface area contributed by atoms with Gasteiger partial charge in [-0.05, 0) is 37.0 Å². The van der Waals surface area contributed by atoms with Crippen molar-refractivity contribution in [3.05, 3.63) is 47.5 Å². The third kappa shape index (κ3) is 2.63. The van der Waals surface area contributed by atoms with Crippen LogP contribution in [0.2, 0.25) is 0 Å². The number of benzene rings is 1. The summed E-state index contributed by atoms with van der Waals surface area (Å²) < 4.78 is 0. The Hall–Kier alpha value is -2.47. The number of nitrogens with one attached hydrogen (secondary N) is 1. The third-order valence-electron chi connectivity index (χ3n) is 4.73. The highest BCUT2D eigenvalue weighted by Crippen LogP contribution is 2.38. The predicted molar refractivity (Wildman–Crippen MR) is 87.0 cm³/mol. The van der Waals surface area contributed by atoms with Gasteiger partial charge in [0.25, 0.3) is 5.91 Å². The average molecular weight is 328 g/mol. The van der Waals surface area contributed by atoms with Crippen molar-refractivity contribution >= 4 is 17.7 Å². The molecule has 0 aliphatic carbocycles. The minimum atomic E-state index is -0.667. The molecule has 24 heavy (non-hydrogen) atoms. The number of imide groups is 1. The van der Waals surface area contributed by atoms with Gasteiger partial charge in [0.05, 0.1) is 12.1 Å². The fourth-order valence-electron chi connectivity index (χ4n) is 3.45. The molecule has 3 amide bonds. The standard InChI is InChI=1S/C18H20N2O4/c1-3-4-15(21)11-5-6-12-13(9-11)10(2)20(18(12)24)14-7-8-16(22)19-17(14)23/h3,5-6,9-10,14-15,21H,1,4,7-8H2,2H3,(H,19,22,23)/t10-,14-,15-/m1/s1. The van der Waals surface area contributed by atoms with Gasteiger partial charge in [-0.2, -0.15) is 0 Å². The van der Waals surface area contributed by atoms with E-state index in [1.54, 1.807) is 18.2 Å². The van der Waals surface area contributed by atoms with Crippen LogP contribution in [0.4, 0.5) is 0 Å². The summed E-state index contributed by atoms with van der Waals surface area (Å²) in [6, 6.07) is 4.32. The maximum Gasteiger partial charge on any atom is 0.255 e. The summed E-state index contributed by atoms with van der Waals surface area (Å²) in [5, 5.41) is 12.4. The summed E-state index contributed by atoms with van der Waals surface area (Å²) in [6.07, 6.45) is 1.97. The van der Waals surface area contributed by atoms with Crippen LogP contribution in [0.5, 0.6) is 0 Å². The van der Waals surface area contributed by atoms with Crippen LogP contribution >= 0.6 is 0 Å². The molecule has 2 aliphatic rings. The molecule has 6 heteroatoms. The van der Waals surface area contributed by atoms with Gasteiger partial charge in [0.2, 0.25) is 11.8 Å². The zero-order valence-corrected chi connectivity index (χ0v) is 13.5. The van der Waals surface area contributed by atoms with E-state index in [9.17, 15) is 19.5 Å². The van der Waals surface area contributed by atoms with Gasteiger partial charge in [-0.15, -0.1) is 6.58 Å². The lowest BCUT2D eigenvalue weighted by atomic mass is 9.98. The maximum atomic E-state index is 12.7. The Morgan fingerprint density at radius 1 is 1.42 bits per heavy atom. The van der Waals surface area contributed by atoms with Crippen LogP contribution in [-0.2, 0) is 9.59 Å². The smallest absolute Gasteiger partial charge is 0.255 e. The van der Waals surface area contributed by atoms with Gasteiger partial charge >= 0.3 is 0 Å². The molecule has 3 atom stereocenters. The predicted octanol–water partition coefficient (Wildman–Crippen LogP) is 1.62. The highest BCUT2D eigenvalue weighted by atomic mass is 16.3. The minimum absolute atomic E-state index is 0.211. The van der Waals surface area contributed by atoms with E-state index in [0.29, 0.717) is 18.4 Å². The van der Waals surface area contributed by atoms with Gasteiger partial charge < -0.3 is 10.0 Å². The number of nitrogens with zero attached hydrogens (tertiary/aromatic N) is 1. The number of fused-ring (bicyclic) bond motifs is 1. The first-order chi connectivity index (χ1) is 11.4. The van der Waals surface area contributed by atoms with Crippen molar-refractivity contribution in [3.63, 3.8) is 0 Å². The Labute approximate surface area is 140 Å². The summed E-state index contributed by atoms with van der Waals surface area (Å²) >= 11 is 0. The topological polar surface area (TPSA) is 86.7 Å². The van der Waals surface area contributed by atoms with E-state index in [1.165, 1.54) is 4.90 Å². The Bertz CT molecular complexity index is 728. The van der Waals surface area contributed by atoms with Gasteiger partial charge in [0, 0.05) is 12.0 Å². The van der Waals surface area contributed by atoms with Crippen LogP contribution < -0.4 is 5.32 Å². The monoisotopic (exact) mass is 328 g/mol. The Morgan fingerprint density at radius 2 is 2.17 bits per heavy atom. The summed E-state index contributed by atoms with van der Waals surface area (Å²) in [4.78, 5) is 37.7. The van der Waals surface area contributed by atoms with E-state index in [-0.39, 0.29) is 24.3 Å². The molecule has 1 aromatic rings. The second kappa shape index (κ2) is 6.20. The zero-order chi connectivity index (χ0) is 17.4. The first-order valence-electron chi connectivity index (χ1n) is 8.03.